The predicted molar refractivity (Wildman–Crippen MR) is 98.6 cm³/mol. The third-order valence-electron chi connectivity index (χ3n) is 4.31. The first-order chi connectivity index (χ1) is 13.2. The molecule has 0 atom stereocenters. The standard InChI is InChI=1S/C19H18FN5O2/c20-15-7-14(9-21-11-15)16-2-1-13-10-22-18(8-17(13)23-16)24-19(26)12-25-3-5-27-6-4-25/h1-2,7-11H,3-6,12H2,(H,22,24,26). The number of hydrogen-bond acceptors (Lipinski definition) is 6. The van der Waals surface area contributed by atoms with E-state index in [-0.39, 0.29) is 5.91 Å². The lowest BCUT2D eigenvalue weighted by Crippen LogP contribution is -2.41. The highest BCUT2D eigenvalue weighted by molar-refractivity contribution is 5.93. The number of ether oxygens (including phenoxy) is 1. The van der Waals surface area contributed by atoms with E-state index in [4.69, 9.17) is 4.74 Å². The van der Waals surface area contributed by atoms with Crippen LogP contribution in [0.4, 0.5) is 10.2 Å². The zero-order valence-electron chi connectivity index (χ0n) is 14.6. The quantitative estimate of drug-likeness (QED) is 0.761. The molecule has 0 spiro atoms. The maximum atomic E-state index is 13.4. The lowest BCUT2D eigenvalue weighted by molar-refractivity contribution is -0.118. The highest BCUT2D eigenvalue weighted by Crippen LogP contribution is 2.22. The fourth-order valence-corrected chi connectivity index (χ4v) is 2.94. The average Bonchev–Trinajstić information content (AvgIpc) is 2.68. The van der Waals surface area contributed by atoms with Gasteiger partial charge in [0, 0.05) is 42.5 Å². The second-order valence-electron chi connectivity index (χ2n) is 6.29. The molecule has 0 aliphatic carbocycles. The summed E-state index contributed by atoms with van der Waals surface area (Å²) in [4.78, 5) is 26.9. The van der Waals surface area contributed by atoms with Crippen LogP contribution in [0.5, 0.6) is 0 Å². The van der Waals surface area contributed by atoms with Crippen LogP contribution < -0.4 is 5.32 Å². The Kier molecular flexibility index (Phi) is 4.99. The Morgan fingerprint density at radius 2 is 2.04 bits per heavy atom. The van der Waals surface area contributed by atoms with Gasteiger partial charge in [-0.05, 0) is 18.2 Å². The van der Waals surface area contributed by atoms with Crippen molar-refractivity contribution in [2.75, 3.05) is 38.2 Å². The van der Waals surface area contributed by atoms with Crippen molar-refractivity contribution in [1.29, 1.82) is 0 Å². The number of anilines is 1. The third kappa shape index (κ3) is 4.24. The topological polar surface area (TPSA) is 80.2 Å². The molecule has 138 valence electrons. The second-order valence-corrected chi connectivity index (χ2v) is 6.29. The Hall–Kier alpha value is -2.97. The first kappa shape index (κ1) is 17.4. The molecular formula is C19H18FN5O2. The first-order valence-electron chi connectivity index (χ1n) is 8.65. The van der Waals surface area contributed by atoms with Crippen LogP contribution in [-0.2, 0) is 9.53 Å². The van der Waals surface area contributed by atoms with Crippen molar-refractivity contribution in [3.05, 3.63) is 48.7 Å². The minimum atomic E-state index is -0.416. The van der Waals surface area contributed by atoms with Gasteiger partial charge in [-0.2, -0.15) is 0 Å². The summed E-state index contributed by atoms with van der Waals surface area (Å²) in [7, 11) is 0. The molecule has 1 aliphatic rings. The Bertz CT molecular complexity index is 975. The van der Waals surface area contributed by atoms with Gasteiger partial charge in [0.1, 0.15) is 11.6 Å². The van der Waals surface area contributed by atoms with E-state index in [1.54, 1.807) is 24.5 Å². The van der Waals surface area contributed by atoms with Crippen LogP contribution in [-0.4, -0.2) is 58.6 Å². The number of carbonyl (C=O) groups excluding carboxylic acids is 1. The molecule has 4 heterocycles. The number of carbonyl (C=O) groups is 1. The molecule has 3 aromatic rings. The fourth-order valence-electron chi connectivity index (χ4n) is 2.94. The summed E-state index contributed by atoms with van der Waals surface area (Å²) in [6.07, 6.45) is 4.36. The van der Waals surface area contributed by atoms with Crippen molar-refractivity contribution in [3.8, 4) is 11.3 Å². The molecule has 0 unspecified atom stereocenters. The maximum Gasteiger partial charge on any atom is 0.239 e. The maximum absolute atomic E-state index is 13.4. The number of morpholine rings is 1. The summed E-state index contributed by atoms with van der Waals surface area (Å²) in [5, 5.41) is 3.63. The minimum Gasteiger partial charge on any atom is -0.379 e. The summed E-state index contributed by atoms with van der Waals surface area (Å²) in [6, 6.07) is 6.74. The zero-order chi connectivity index (χ0) is 18.6. The molecule has 1 amide bonds. The zero-order valence-corrected chi connectivity index (χ0v) is 14.6. The number of pyridine rings is 3. The highest BCUT2D eigenvalue weighted by Gasteiger charge is 2.14. The van der Waals surface area contributed by atoms with Crippen molar-refractivity contribution in [2.24, 2.45) is 0 Å². The Morgan fingerprint density at radius 1 is 1.19 bits per heavy atom. The van der Waals surface area contributed by atoms with Gasteiger partial charge in [0.2, 0.25) is 5.91 Å². The van der Waals surface area contributed by atoms with E-state index in [0.717, 1.165) is 24.7 Å². The highest BCUT2D eigenvalue weighted by atomic mass is 19.1. The number of nitrogens with zero attached hydrogens (tertiary/aromatic N) is 4. The van der Waals surface area contributed by atoms with Crippen LogP contribution >= 0.6 is 0 Å². The SMILES string of the molecule is O=C(CN1CCOCC1)Nc1cc2nc(-c3cncc(F)c3)ccc2cn1. The lowest BCUT2D eigenvalue weighted by atomic mass is 10.1. The normalized spacial score (nSPS) is 15.0. The summed E-state index contributed by atoms with van der Waals surface area (Å²) in [5.74, 6) is -0.114. The van der Waals surface area contributed by atoms with Gasteiger partial charge in [0.05, 0.1) is 37.2 Å². The van der Waals surface area contributed by atoms with Crippen molar-refractivity contribution >= 4 is 22.6 Å². The fraction of sp³-hybridized carbons (Fsp3) is 0.263. The number of amides is 1. The number of halogens is 1. The van der Waals surface area contributed by atoms with Crippen LogP contribution in [0.25, 0.3) is 22.2 Å². The van der Waals surface area contributed by atoms with E-state index < -0.39 is 5.82 Å². The molecular weight excluding hydrogens is 349 g/mol. The molecule has 0 radical (unpaired) electrons. The van der Waals surface area contributed by atoms with Gasteiger partial charge >= 0.3 is 0 Å². The summed E-state index contributed by atoms with van der Waals surface area (Å²) in [6.45, 7) is 3.06. The molecule has 1 N–H and O–H groups in total. The second kappa shape index (κ2) is 7.73. The van der Waals surface area contributed by atoms with Crippen molar-refractivity contribution in [2.45, 2.75) is 0 Å². The summed E-state index contributed by atoms with van der Waals surface area (Å²) >= 11 is 0. The molecule has 1 fully saturated rings. The van der Waals surface area contributed by atoms with Crippen LogP contribution in [0.2, 0.25) is 0 Å². The van der Waals surface area contributed by atoms with E-state index >= 15 is 0 Å². The molecule has 1 aliphatic heterocycles. The number of hydrogen-bond donors (Lipinski definition) is 1. The Labute approximate surface area is 155 Å². The molecule has 0 saturated carbocycles. The Morgan fingerprint density at radius 3 is 2.85 bits per heavy atom. The van der Waals surface area contributed by atoms with E-state index in [0.29, 0.717) is 42.4 Å². The van der Waals surface area contributed by atoms with Crippen molar-refractivity contribution in [3.63, 3.8) is 0 Å². The van der Waals surface area contributed by atoms with Gasteiger partial charge in [-0.25, -0.2) is 14.4 Å². The monoisotopic (exact) mass is 367 g/mol. The van der Waals surface area contributed by atoms with Crippen LogP contribution in [0.1, 0.15) is 0 Å². The number of nitrogens with one attached hydrogen (secondary N) is 1. The molecule has 27 heavy (non-hydrogen) atoms. The van der Waals surface area contributed by atoms with Crippen LogP contribution in [0.15, 0.2) is 42.9 Å². The van der Waals surface area contributed by atoms with Gasteiger partial charge in [0.15, 0.2) is 0 Å². The molecule has 1 saturated heterocycles. The van der Waals surface area contributed by atoms with E-state index in [9.17, 15) is 9.18 Å². The number of aromatic nitrogens is 3. The molecule has 7 nitrogen and oxygen atoms in total. The minimum absolute atomic E-state index is 0.130. The van der Waals surface area contributed by atoms with Crippen LogP contribution in [0.3, 0.4) is 0 Å². The van der Waals surface area contributed by atoms with Crippen molar-refractivity contribution in [1.82, 2.24) is 19.9 Å². The van der Waals surface area contributed by atoms with Gasteiger partial charge in [-0.3, -0.25) is 14.7 Å². The van der Waals surface area contributed by atoms with Gasteiger partial charge in [-0.1, -0.05) is 0 Å². The molecule has 0 aromatic carbocycles. The molecule has 3 aromatic heterocycles. The van der Waals surface area contributed by atoms with Crippen molar-refractivity contribution < 1.29 is 13.9 Å². The van der Waals surface area contributed by atoms with E-state index in [2.05, 4.69) is 20.3 Å². The van der Waals surface area contributed by atoms with E-state index in [1.165, 1.54) is 6.07 Å². The van der Waals surface area contributed by atoms with E-state index in [1.807, 2.05) is 11.0 Å². The van der Waals surface area contributed by atoms with Gasteiger partial charge < -0.3 is 10.1 Å². The predicted octanol–water partition coefficient (Wildman–Crippen LogP) is 2.10. The largest absolute Gasteiger partial charge is 0.379 e. The summed E-state index contributed by atoms with van der Waals surface area (Å²) < 4.78 is 18.7. The lowest BCUT2D eigenvalue weighted by Gasteiger charge is -2.25. The third-order valence-corrected chi connectivity index (χ3v) is 4.31. The Balaban J connectivity index is 1.53. The van der Waals surface area contributed by atoms with Gasteiger partial charge in [-0.15, -0.1) is 0 Å². The smallest absolute Gasteiger partial charge is 0.239 e. The first-order valence-corrected chi connectivity index (χ1v) is 8.65. The van der Waals surface area contributed by atoms with Gasteiger partial charge in [0.25, 0.3) is 0 Å². The molecule has 0 bridgehead atoms. The van der Waals surface area contributed by atoms with Crippen LogP contribution in [0, 0.1) is 5.82 Å². The summed E-state index contributed by atoms with van der Waals surface area (Å²) in [5.41, 5.74) is 1.85. The molecule has 8 heteroatoms. The number of fused-ring (bicyclic) bond motifs is 1. The average molecular weight is 367 g/mol. The number of rotatable bonds is 4. The molecule has 4 rings (SSSR count).